The number of carbonyl (C=O) groups excluding carboxylic acids is 1. The maximum Gasteiger partial charge on any atom is 0.369 e. The predicted molar refractivity (Wildman–Crippen MR) is 61.3 cm³/mol. The number of nitrogens with zero attached hydrogens (tertiary/aromatic N) is 2. The van der Waals surface area contributed by atoms with Crippen molar-refractivity contribution in [3.8, 4) is 10.6 Å². The number of esters is 1. The van der Waals surface area contributed by atoms with E-state index in [0.717, 1.165) is 11.3 Å². The van der Waals surface area contributed by atoms with Gasteiger partial charge in [0.25, 0.3) is 0 Å². The molecule has 0 bridgehead atoms. The van der Waals surface area contributed by atoms with Gasteiger partial charge in [0.2, 0.25) is 5.01 Å². The summed E-state index contributed by atoms with van der Waals surface area (Å²) < 4.78 is 18.2. The van der Waals surface area contributed by atoms with E-state index >= 15 is 0 Å². The van der Waals surface area contributed by atoms with Gasteiger partial charge in [0.1, 0.15) is 5.82 Å². The van der Waals surface area contributed by atoms with Crippen molar-refractivity contribution in [3.63, 3.8) is 0 Å². The van der Waals surface area contributed by atoms with E-state index in [1.807, 2.05) is 0 Å². The van der Waals surface area contributed by atoms with Crippen LogP contribution in [0.15, 0.2) is 24.3 Å². The third-order valence-corrected chi connectivity index (χ3v) is 2.92. The van der Waals surface area contributed by atoms with Crippen LogP contribution in [-0.4, -0.2) is 22.8 Å². The number of benzene rings is 1. The summed E-state index contributed by atoms with van der Waals surface area (Å²) in [4.78, 5) is 11.4. The molecule has 0 atom stereocenters. The van der Waals surface area contributed by atoms with Crippen molar-refractivity contribution in [2.45, 2.75) is 6.92 Å². The molecule has 1 aromatic heterocycles. The molecule has 1 heterocycles. The first kappa shape index (κ1) is 11.7. The lowest BCUT2D eigenvalue weighted by atomic mass is 10.2. The molecule has 2 rings (SSSR count). The van der Waals surface area contributed by atoms with Crippen LogP contribution in [0.25, 0.3) is 10.6 Å². The van der Waals surface area contributed by atoms with Crippen LogP contribution in [-0.2, 0) is 4.74 Å². The van der Waals surface area contributed by atoms with Crippen LogP contribution in [0.3, 0.4) is 0 Å². The number of rotatable bonds is 3. The number of halogens is 1. The summed E-state index contributed by atoms with van der Waals surface area (Å²) in [7, 11) is 0. The van der Waals surface area contributed by atoms with E-state index in [1.165, 1.54) is 6.07 Å². The molecule has 0 saturated carbocycles. The molecular formula is C11H9FN2O2S. The van der Waals surface area contributed by atoms with Crippen molar-refractivity contribution in [1.29, 1.82) is 0 Å². The van der Waals surface area contributed by atoms with Gasteiger partial charge in [-0.05, 0) is 19.1 Å². The van der Waals surface area contributed by atoms with Crippen molar-refractivity contribution >= 4 is 17.3 Å². The summed E-state index contributed by atoms with van der Waals surface area (Å²) in [6.45, 7) is 1.98. The topological polar surface area (TPSA) is 52.1 Å². The van der Waals surface area contributed by atoms with E-state index < -0.39 is 5.97 Å². The Balaban J connectivity index is 2.30. The lowest BCUT2D eigenvalue weighted by Gasteiger charge is -1.96. The predicted octanol–water partition coefficient (Wildman–Crippen LogP) is 2.52. The fourth-order valence-electron chi connectivity index (χ4n) is 1.24. The fraction of sp³-hybridized carbons (Fsp3) is 0.182. The summed E-state index contributed by atoms with van der Waals surface area (Å²) in [6.07, 6.45) is 0. The van der Waals surface area contributed by atoms with Crippen molar-refractivity contribution in [2.24, 2.45) is 0 Å². The van der Waals surface area contributed by atoms with Crippen LogP contribution >= 0.6 is 11.3 Å². The molecule has 2 aromatic rings. The van der Waals surface area contributed by atoms with E-state index in [0.29, 0.717) is 10.6 Å². The van der Waals surface area contributed by atoms with E-state index in [2.05, 4.69) is 10.2 Å². The Hall–Kier alpha value is -1.82. The Morgan fingerprint density at radius 1 is 1.41 bits per heavy atom. The van der Waals surface area contributed by atoms with Crippen molar-refractivity contribution < 1.29 is 13.9 Å². The lowest BCUT2D eigenvalue weighted by Crippen LogP contribution is -2.03. The molecule has 0 fully saturated rings. The number of ether oxygens (including phenoxy) is 1. The SMILES string of the molecule is CCOC(=O)c1nnc(-c2ccccc2F)s1. The molecule has 0 aliphatic heterocycles. The molecule has 4 nitrogen and oxygen atoms in total. The molecule has 17 heavy (non-hydrogen) atoms. The summed E-state index contributed by atoms with van der Waals surface area (Å²) in [5.41, 5.74) is 0.334. The summed E-state index contributed by atoms with van der Waals surface area (Å²) >= 11 is 1.01. The zero-order chi connectivity index (χ0) is 12.3. The minimum absolute atomic E-state index is 0.130. The van der Waals surface area contributed by atoms with Gasteiger partial charge >= 0.3 is 5.97 Å². The minimum atomic E-state index is -0.535. The maximum absolute atomic E-state index is 13.5. The summed E-state index contributed by atoms with van der Waals surface area (Å²) in [6, 6.07) is 6.21. The zero-order valence-electron chi connectivity index (χ0n) is 9.01. The first-order valence-electron chi connectivity index (χ1n) is 4.98. The molecular weight excluding hydrogens is 243 g/mol. The second kappa shape index (κ2) is 5.01. The normalized spacial score (nSPS) is 10.2. The van der Waals surface area contributed by atoms with Crippen molar-refractivity contribution in [1.82, 2.24) is 10.2 Å². The molecule has 0 radical (unpaired) electrons. The van der Waals surface area contributed by atoms with E-state index in [-0.39, 0.29) is 17.4 Å². The van der Waals surface area contributed by atoms with Crippen molar-refractivity contribution in [2.75, 3.05) is 6.61 Å². The summed E-state index contributed by atoms with van der Waals surface area (Å²) in [5.74, 6) is -0.924. The largest absolute Gasteiger partial charge is 0.461 e. The van der Waals surface area contributed by atoms with Crippen LogP contribution in [0.1, 0.15) is 16.7 Å². The minimum Gasteiger partial charge on any atom is -0.461 e. The second-order valence-corrected chi connectivity index (χ2v) is 4.09. The standard InChI is InChI=1S/C11H9FN2O2S/c1-2-16-11(15)10-14-13-9(17-10)7-5-3-4-6-8(7)12/h3-6H,2H2,1H3. The van der Waals surface area contributed by atoms with Crippen LogP contribution in [0.4, 0.5) is 4.39 Å². The molecule has 0 aliphatic carbocycles. The van der Waals surface area contributed by atoms with Gasteiger partial charge < -0.3 is 4.74 Å². The number of hydrogen-bond donors (Lipinski definition) is 0. The average molecular weight is 252 g/mol. The molecule has 0 amide bonds. The quantitative estimate of drug-likeness (QED) is 0.788. The van der Waals surface area contributed by atoms with Gasteiger partial charge in [0.15, 0.2) is 5.01 Å². The highest BCUT2D eigenvalue weighted by atomic mass is 32.1. The molecule has 0 N–H and O–H groups in total. The number of carbonyl (C=O) groups is 1. The Morgan fingerprint density at radius 3 is 2.88 bits per heavy atom. The fourth-order valence-corrected chi connectivity index (χ4v) is 2.01. The van der Waals surface area contributed by atoms with Crippen LogP contribution in [0, 0.1) is 5.82 Å². The van der Waals surface area contributed by atoms with Gasteiger partial charge in [-0.3, -0.25) is 0 Å². The van der Waals surface area contributed by atoms with E-state index in [9.17, 15) is 9.18 Å². The van der Waals surface area contributed by atoms with Gasteiger partial charge in [-0.15, -0.1) is 10.2 Å². The highest BCUT2D eigenvalue weighted by molar-refractivity contribution is 7.16. The smallest absolute Gasteiger partial charge is 0.369 e. The number of aromatic nitrogens is 2. The zero-order valence-corrected chi connectivity index (χ0v) is 9.83. The first-order valence-corrected chi connectivity index (χ1v) is 5.79. The highest BCUT2D eigenvalue weighted by Gasteiger charge is 2.16. The number of hydrogen-bond acceptors (Lipinski definition) is 5. The summed E-state index contributed by atoms with van der Waals surface area (Å²) in [5, 5.41) is 7.95. The molecule has 0 unspecified atom stereocenters. The van der Waals surface area contributed by atoms with Gasteiger partial charge in [0, 0.05) is 5.56 Å². The lowest BCUT2D eigenvalue weighted by molar-refractivity contribution is 0.0525. The van der Waals surface area contributed by atoms with Crippen LogP contribution < -0.4 is 0 Å². The molecule has 0 aliphatic rings. The average Bonchev–Trinajstić information content (AvgIpc) is 2.79. The molecule has 6 heteroatoms. The Bertz CT molecular complexity index is 542. The van der Waals surface area contributed by atoms with Crippen LogP contribution in [0.5, 0.6) is 0 Å². The third-order valence-electron chi connectivity index (χ3n) is 1.98. The molecule has 0 saturated heterocycles. The molecule has 1 aromatic carbocycles. The van der Waals surface area contributed by atoms with Crippen LogP contribution in [0.2, 0.25) is 0 Å². The maximum atomic E-state index is 13.5. The Kier molecular flexibility index (Phi) is 3.43. The van der Waals surface area contributed by atoms with Gasteiger partial charge in [-0.1, -0.05) is 23.5 Å². The molecule has 88 valence electrons. The van der Waals surface area contributed by atoms with Crippen molar-refractivity contribution in [3.05, 3.63) is 35.1 Å². The second-order valence-electron chi connectivity index (χ2n) is 3.11. The third kappa shape index (κ3) is 2.47. The molecule has 0 spiro atoms. The van der Waals surface area contributed by atoms with E-state index in [4.69, 9.17) is 4.74 Å². The Labute approximate surface area is 101 Å². The van der Waals surface area contributed by atoms with Gasteiger partial charge in [-0.25, -0.2) is 9.18 Å². The van der Waals surface area contributed by atoms with Gasteiger partial charge in [-0.2, -0.15) is 0 Å². The highest BCUT2D eigenvalue weighted by Crippen LogP contribution is 2.25. The monoisotopic (exact) mass is 252 g/mol. The van der Waals surface area contributed by atoms with E-state index in [1.54, 1.807) is 25.1 Å². The van der Waals surface area contributed by atoms with Gasteiger partial charge in [0.05, 0.1) is 6.61 Å². The first-order chi connectivity index (χ1) is 8.22. The Morgan fingerprint density at radius 2 is 2.18 bits per heavy atom.